The minimum Gasteiger partial charge on any atom is -0.444 e. The molecule has 0 radical (unpaired) electrons. The number of nitrogens with zero attached hydrogens (tertiary/aromatic N) is 4. The summed E-state index contributed by atoms with van der Waals surface area (Å²) in [6, 6.07) is 15.5. The number of aromatic nitrogens is 3. The number of carbonyl (C=O) groups is 1. The van der Waals surface area contributed by atoms with Crippen molar-refractivity contribution < 1.29 is 9.53 Å². The molecule has 0 N–H and O–H groups in total. The van der Waals surface area contributed by atoms with Gasteiger partial charge in [0.05, 0.1) is 12.2 Å². The van der Waals surface area contributed by atoms with Crippen LogP contribution in [0.3, 0.4) is 0 Å². The Morgan fingerprint density at radius 1 is 1.03 bits per heavy atom. The van der Waals surface area contributed by atoms with Crippen LogP contribution in [0.25, 0.3) is 5.69 Å². The molecule has 0 aliphatic rings. The first kappa shape index (κ1) is 21.4. The molecule has 1 aromatic heterocycles. The Morgan fingerprint density at radius 2 is 1.63 bits per heavy atom. The maximum absolute atomic E-state index is 12.7. The van der Waals surface area contributed by atoms with Crippen molar-refractivity contribution in [2.45, 2.75) is 46.4 Å². The number of carbonyl (C=O) groups excluding carboxylic acids is 1. The Hall–Kier alpha value is -3.35. The molecule has 3 rings (SSSR count). The molecule has 0 bridgehead atoms. The summed E-state index contributed by atoms with van der Waals surface area (Å²) < 4.78 is 8.32. The summed E-state index contributed by atoms with van der Waals surface area (Å²) in [4.78, 5) is 26.4. The minimum absolute atomic E-state index is 0.200. The topological polar surface area (TPSA) is 69.4 Å². The zero-order valence-electron chi connectivity index (χ0n) is 18.1. The van der Waals surface area contributed by atoms with Crippen molar-refractivity contribution in [3.05, 3.63) is 82.0 Å². The average Bonchev–Trinajstić information content (AvgIpc) is 3.03. The molecule has 0 aliphatic heterocycles. The minimum atomic E-state index is -0.533. The molecule has 158 valence electrons. The maximum Gasteiger partial charge on any atom is 0.410 e. The van der Waals surface area contributed by atoms with E-state index in [2.05, 4.69) is 5.10 Å². The first-order chi connectivity index (χ1) is 14.1. The van der Waals surface area contributed by atoms with Crippen molar-refractivity contribution in [1.29, 1.82) is 0 Å². The van der Waals surface area contributed by atoms with Crippen molar-refractivity contribution in [3.8, 4) is 5.69 Å². The first-order valence-corrected chi connectivity index (χ1v) is 9.86. The lowest BCUT2D eigenvalue weighted by molar-refractivity contribution is 0.0285. The normalized spacial score (nSPS) is 11.4. The van der Waals surface area contributed by atoms with Crippen LogP contribution in [0.15, 0.2) is 59.7 Å². The van der Waals surface area contributed by atoms with Gasteiger partial charge < -0.3 is 9.64 Å². The average molecular weight is 409 g/mol. The molecule has 30 heavy (non-hydrogen) atoms. The Kier molecular flexibility index (Phi) is 6.10. The lowest BCUT2D eigenvalue weighted by Gasteiger charge is -2.24. The summed E-state index contributed by atoms with van der Waals surface area (Å²) in [5.41, 5.74) is 3.12. The van der Waals surface area contributed by atoms with Gasteiger partial charge in [-0.1, -0.05) is 42.0 Å². The molecule has 1 amide bonds. The predicted molar refractivity (Wildman–Crippen MR) is 116 cm³/mol. The molecule has 0 unspecified atom stereocenters. The molecular weight excluding hydrogens is 380 g/mol. The molecule has 0 saturated heterocycles. The number of rotatable bonds is 5. The van der Waals surface area contributed by atoms with Crippen LogP contribution in [0, 0.1) is 6.92 Å². The van der Waals surface area contributed by atoms with Crippen LogP contribution in [-0.4, -0.2) is 38.0 Å². The predicted octanol–water partition coefficient (Wildman–Crippen LogP) is 3.76. The van der Waals surface area contributed by atoms with Gasteiger partial charge in [0.15, 0.2) is 0 Å². The van der Waals surface area contributed by atoms with E-state index in [9.17, 15) is 9.59 Å². The quantitative estimate of drug-likeness (QED) is 0.645. The van der Waals surface area contributed by atoms with E-state index >= 15 is 0 Å². The molecule has 0 spiro atoms. The lowest BCUT2D eigenvalue weighted by atomic mass is 10.1. The number of hydrogen-bond acceptors (Lipinski definition) is 4. The Labute approximate surface area is 176 Å². The standard InChI is InChI=1S/C23H28N4O3/c1-17-6-8-19(9-7-17)15-27-21(28)26(16-24-27)20-12-10-18(11-13-20)14-25(5)22(29)30-23(2,3)4/h6-13,16H,14-15H2,1-5H3. The van der Waals surface area contributed by atoms with E-state index in [1.807, 2.05) is 76.2 Å². The first-order valence-electron chi connectivity index (χ1n) is 9.86. The number of ether oxygens (including phenoxy) is 1. The van der Waals surface area contributed by atoms with Gasteiger partial charge in [-0.2, -0.15) is 5.10 Å². The second-order valence-corrected chi connectivity index (χ2v) is 8.43. The number of aryl methyl sites for hydroxylation is 1. The molecular formula is C23H28N4O3. The third-order valence-electron chi connectivity index (χ3n) is 4.53. The molecule has 1 heterocycles. The fourth-order valence-electron chi connectivity index (χ4n) is 2.93. The third-order valence-corrected chi connectivity index (χ3v) is 4.53. The largest absolute Gasteiger partial charge is 0.444 e. The Balaban J connectivity index is 1.69. The van der Waals surface area contributed by atoms with Crippen LogP contribution < -0.4 is 5.69 Å². The molecule has 0 saturated carbocycles. The summed E-state index contributed by atoms with van der Waals surface area (Å²) in [5.74, 6) is 0. The van der Waals surface area contributed by atoms with Crippen LogP contribution in [-0.2, 0) is 17.8 Å². The molecule has 0 aliphatic carbocycles. The summed E-state index contributed by atoms with van der Waals surface area (Å²) >= 11 is 0. The van der Waals surface area contributed by atoms with Crippen molar-refractivity contribution in [2.24, 2.45) is 0 Å². The number of amides is 1. The van der Waals surface area contributed by atoms with E-state index in [1.54, 1.807) is 7.05 Å². The molecule has 7 heteroatoms. The van der Waals surface area contributed by atoms with Gasteiger partial charge in [0.25, 0.3) is 0 Å². The molecule has 3 aromatic rings. The van der Waals surface area contributed by atoms with Gasteiger partial charge in [-0.15, -0.1) is 0 Å². The third kappa shape index (κ3) is 5.37. The fourth-order valence-corrected chi connectivity index (χ4v) is 2.93. The monoisotopic (exact) mass is 408 g/mol. The van der Waals surface area contributed by atoms with E-state index in [0.29, 0.717) is 13.1 Å². The van der Waals surface area contributed by atoms with Crippen LogP contribution in [0.2, 0.25) is 0 Å². The van der Waals surface area contributed by atoms with E-state index in [4.69, 9.17) is 4.74 Å². The highest BCUT2D eigenvalue weighted by Crippen LogP contribution is 2.13. The highest BCUT2D eigenvalue weighted by atomic mass is 16.6. The summed E-state index contributed by atoms with van der Waals surface area (Å²) in [6.45, 7) is 8.38. The van der Waals surface area contributed by atoms with E-state index in [1.165, 1.54) is 26.0 Å². The zero-order valence-corrected chi connectivity index (χ0v) is 18.1. The zero-order chi connectivity index (χ0) is 21.9. The highest BCUT2D eigenvalue weighted by molar-refractivity contribution is 5.67. The van der Waals surface area contributed by atoms with Gasteiger partial charge in [-0.05, 0) is 51.0 Å². The smallest absolute Gasteiger partial charge is 0.410 e. The maximum atomic E-state index is 12.7. The lowest BCUT2D eigenvalue weighted by Crippen LogP contribution is -2.33. The SMILES string of the molecule is Cc1ccc(Cn2ncn(-c3ccc(CN(C)C(=O)OC(C)(C)C)cc3)c2=O)cc1. The molecule has 0 fully saturated rings. The molecule has 7 nitrogen and oxygen atoms in total. The Morgan fingerprint density at radius 3 is 2.23 bits per heavy atom. The van der Waals surface area contributed by atoms with Gasteiger partial charge in [0.1, 0.15) is 11.9 Å². The molecule has 0 atom stereocenters. The van der Waals surface area contributed by atoms with Gasteiger partial charge in [0, 0.05) is 13.6 Å². The van der Waals surface area contributed by atoms with Crippen LogP contribution in [0.1, 0.15) is 37.5 Å². The number of benzene rings is 2. The van der Waals surface area contributed by atoms with Crippen molar-refractivity contribution in [1.82, 2.24) is 19.2 Å². The number of hydrogen-bond donors (Lipinski definition) is 0. The van der Waals surface area contributed by atoms with Crippen molar-refractivity contribution in [3.63, 3.8) is 0 Å². The van der Waals surface area contributed by atoms with Crippen LogP contribution in [0.5, 0.6) is 0 Å². The van der Waals surface area contributed by atoms with Gasteiger partial charge in [-0.25, -0.2) is 18.8 Å². The second kappa shape index (κ2) is 8.57. The van der Waals surface area contributed by atoms with Crippen molar-refractivity contribution in [2.75, 3.05) is 7.05 Å². The fraction of sp³-hybridized carbons (Fsp3) is 0.348. The highest BCUT2D eigenvalue weighted by Gasteiger charge is 2.19. The van der Waals surface area contributed by atoms with Gasteiger partial charge >= 0.3 is 11.8 Å². The Bertz CT molecular complexity index is 1060. The summed E-state index contributed by atoms with van der Waals surface area (Å²) in [6.07, 6.45) is 1.15. The van der Waals surface area contributed by atoms with Crippen LogP contribution in [0.4, 0.5) is 4.79 Å². The van der Waals surface area contributed by atoms with Crippen molar-refractivity contribution >= 4 is 6.09 Å². The second-order valence-electron chi connectivity index (χ2n) is 8.43. The van der Waals surface area contributed by atoms with E-state index in [-0.39, 0.29) is 11.8 Å². The van der Waals surface area contributed by atoms with Gasteiger partial charge in [-0.3, -0.25) is 0 Å². The van der Waals surface area contributed by atoms with Crippen LogP contribution >= 0.6 is 0 Å². The summed E-state index contributed by atoms with van der Waals surface area (Å²) in [5, 5.41) is 4.24. The van der Waals surface area contributed by atoms with E-state index < -0.39 is 5.60 Å². The van der Waals surface area contributed by atoms with Gasteiger partial charge in [0.2, 0.25) is 0 Å². The molecule has 2 aromatic carbocycles. The van der Waals surface area contributed by atoms with E-state index in [0.717, 1.165) is 16.8 Å². The summed E-state index contributed by atoms with van der Waals surface area (Å²) in [7, 11) is 1.70.